The molecule has 3 aromatic carbocycles. The number of hydrogen-bond donors (Lipinski definition) is 5. The number of amides is 3. The zero-order valence-electron chi connectivity index (χ0n) is 25.4. The average Bonchev–Trinajstić information content (AvgIpc) is 3.54. The zero-order valence-corrected chi connectivity index (χ0v) is 26.2. The fourth-order valence-corrected chi connectivity index (χ4v) is 5.57. The molecular formula is C35H36ClN5O4. The van der Waals surface area contributed by atoms with Gasteiger partial charge in [0.1, 0.15) is 0 Å². The second kappa shape index (κ2) is 13.9. The molecule has 0 bridgehead atoms. The third-order valence-corrected chi connectivity index (χ3v) is 8.08. The predicted octanol–water partition coefficient (Wildman–Crippen LogP) is 5.82. The predicted molar refractivity (Wildman–Crippen MR) is 179 cm³/mol. The number of aryl methyl sites for hydroxylation is 1. The Labute approximate surface area is 267 Å². The highest BCUT2D eigenvalue weighted by molar-refractivity contribution is 6.35. The van der Waals surface area contributed by atoms with Crippen LogP contribution in [0.25, 0.3) is 22.8 Å². The van der Waals surface area contributed by atoms with E-state index in [9.17, 15) is 19.5 Å². The van der Waals surface area contributed by atoms with E-state index >= 15 is 0 Å². The number of para-hydroxylation sites is 1. The molecule has 0 saturated carbocycles. The number of aliphatic hydroxyl groups excluding tert-OH is 1. The Kier molecular flexibility index (Phi) is 9.83. The summed E-state index contributed by atoms with van der Waals surface area (Å²) in [5.74, 6) is -0.985. The summed E-state index contributed by atoms with van der Waals surface area (Å²) in [5.41, 5.74) is 5.40. The number of rotatable bonds is 11. The van der Waals surface area contributed by atoms with Crippen molar-refractivity contribution in [3.8, 4) is 11.1 Å². The second-order valence-corrected chi connectivity index (χ2v) is 11.3. The first kappa shape index (κ1) is 31.7. The number of hydrogen-bond acceptors (Lipinski definition) is 5. The van der Waals surface area contributed by atoms with Crippen LogP contribution in [0.4, 0.5) is 11.4 Å². The van der Waals surface area contributed by atoms with Crippen molar-refractivity contribution >= 4 is 52.3 Å². The summed E-state index contributed by atoms with van der Waals surface area (Å²) in [7, 11) is 0. The molecule has 1 unspecified atom stereocenters. The van der Waals surface area contributed by atoms with Gasteiger partial charge in [0.25, 0.3) is 17.7 Å². The number of nitrogens with one attached hydrogen (secondary N) is 4. The Morgan fingerprint density at radius 1 is 1.00 bits per heavy atom. The molecule has 5 rings (SSSR count). The van der Waals surface area contributed by atoms with Gasteiger partial charge in [-0.1, -0.05) is 55.8 Å². The molecule has 10 heteroatoms. The van der Waals surface area contributed by atoms with Crippen LogP contribution in [-0.4, -0.2) is 65.0 Å². The third-order valence-electron chi connectivity index (χ3n) is 7.82. The number of aromatic amines is 1. The van der Waals surface area contributed by atoms with Crippen molar-refractivity contribution in [2.75, 3.05) is 36.8 Å². The number of benzene rings is 3. The van der Waals surface area contributed by atoms with E-state index in [0.29, 0.717) is 62.2 Å². The number of aliphatic hydroxyl groups is 1. The molecule has 9 nitrogen and oxygen atoms in total. The van der Waals surface area contributed by atoms with Crippen LogP contribution in [0.5, 0.6) is 0 Å². The van der Waals surface area contributed by atoms with E-state index < -0.39 is 6.10 Å². The van der Waals surface area contributed by atoms with Gasteiger partial charge in [-0.3, -0.25) is 14.4 Å². The topological polar surface area (TPSA) is 127 Å². The monoisotopic (exact) mass is 625 g/mol. The maximum atomic E-state index is 13.6. The van der Waals surface area contributed by atoms with Gasteiger partial charge in [0, 0.05) is 57.6 Å². The van der Waals surface area contributed by atoms with Crippen LogP contribution in [-0.2, 0) is 4.79 Å². The highest BCUT2D eigenvalue weighted by Gasteiger charge is 2.28. The van der Waals surface area contributed by atoms with Crippen molar-refractivity contribution in [2.45, 2.75) is 26.9 Å². The van der Waals surface area contributed by atoms with Gasteiger partial charge in [-0.2, -0.15) is 0 Å². The van der Waals surface area contributed by atoms with Crippen molar-refractivity contribution in [3.63, 3.8) is 0 Å². The SMILES string of the molecule is CCN(CC)CC(O)CNC(=O)c1c(C)[nH]c(C=C2C(=O)Nc3ccc(C(=O)Nc4ccccc4)cc32)c1-c1ccc(Cl)cc1. The lowest BCUT2D eigenvalue weighted by Crippen LogP contribution is -2.40. The molecule has 0 spiro atoms. The molecule has 0 aliphatic carbocycles. The lowest BCUT2D eigenvalue weighted by atomic mass is 9.97. The first-order valence-corrected chi connectivity index (χ1v) is 15.3. The molecule has 0 fully saturated rings. The van der Waals surface area contributed by atoms with Gasteiger partial charge >= 0.3 is 0 Å². The van der Waals surface area contributed by atoms with Gasteiger partial charge in [-0.05, 0) is 74.1 Å². The normalized spacial score (nSPS) is 13.9. The molecule has 2 heterocycles. The van der Waals surface area contributed by atoms with Crippen molar-refractivity contribution in [2.24, 2.45) is 0 Å². The summed E-state index contributed by atoms with van der Waals surface area (Å²) in [5, 5.41) is 19.7. The number of carbonyl (C=O) groups is 3. The van der Waals surface area contributed by atoms with E-state index in [-0.39, 0.29) is 24.3 Å². The first-order valence-electron chi connectivity index (χ1n) is 14.9. The van der Waals surface area contributed by atoms with Crippen LogP contribution < -0.4 is 16.0 Å². The minimum Gasteiger partial charge on any atom is -0.390 e. The molecule has 1 aliphatic heterocycles. The van der Waals surface area contributed by atoms with E-state index in [0.717, 1.165) is 18.7 Å². The minimum absolute atomic E-state index is 0.0834. The molecular weight excluding hydrogens is 590 g/mol. The van der Waals surface area contributed by atoms with E-state index in [1.807, 2.05) is 44.2 Å². The van der Waals surface area contributed by atoms with Crippen LogP contribution in [0.2, 0.25) is 5.02 Å². The van der Waals surface area contributed by atoms with E-state index in [1.165, 1.54) is 0 Å². The van der Waals surface area contributed by atoms with Gasteiger partial charge in [-0.25, -0.2) is 0 Å². The number of aromatic nitrogens is 1. The fraction of sp³-hybridized carbons (Fsp3) is 0.229. The summed E-state index contributed by atoms with van der Waals surface area (Å²) < 4.78 is 0. The lowest BCUT2D eigenvalue weighted by Gasteiger charge is -2.22. The van der Waals surface area contributed by atoms with E-state index in [4.69, 9.17) is 11.6 Å². The van der Waals surface area contributed by atoms with Crippen molar-refractivity contribution in [1.29, 1.82) is 0 Å². The second-order valence-electron chi connectivity index (χ2n) is 10.9. The van der Waals surface area contributed by atoms with Gasteiger partial charge < -0.3 is 30.9 Å². The highest BCUT2D eigenvalue weighted by Crippen LogP contribution is 2.38. The number of likely N-dealkylation sites (N-methyl/N-ethyl adjacent to an activating group) is 1. The Morgan fingerprint density at radius 2 is 1.71 bits per heavy atom. The molecule has 0 saturated heterocycles. The Bertz CT molecular complexity index is 1740. The fourth-order valence-electron chi connectivity index (χ4n) is 5.44. The van der Waals surface area contributed by atoms with Crippen LogP contribution in [0.15, 0.2) is 72.8 Å². The van der Waals surface area contributed by atoms with Crippen LogP contribution in [0, 0.1) is 6.92 Å². The largest absolute Gasteiger partial charge is 0.390 e. The number of nitrogens with zero attached hydrogens (tertiary/aromatic N) is 1. The van der Waals surface area contributed by atoms with Crippen LogP contribution in [0.1, 0.15) is 51.5 Å². The number of carbonyl (C=O) groups excluding carboxylic acids is 3. The van der Waals surface area contributed by atoms with E-state index in [1.54, 1.807) is 55.5 Å². The number of fused-ring (bicyclic) bond motifs is 1. The number of halogens is 1. The molecule has 1 aliphatic rings. The van der Waals surface area contributed by atoms with Crippen LogP contribution in [0.3, 0.4) is 0 Å². The number of H-pyrrole nitrogens is 1. The molecule has 5 N–H and O–H groups in total. The standard InChI is InChI=1S/C35H36ClN5O4/c1-4-41(5-2)20-26(42)19-37-35(45)31-21(3)38-30(32(31)22-11-14-24(36)15-12-22)18-28-27-17-23(13-16-29(27)40-34(28)44)33(43)39-25-9-7-6-8-10-25/h6-18,26,38,42H,4-5,19-20H2,1-3H3,(H,37,45)(H,39,43)(H,40,44). The van der Waals surface area contributed by atoms with E-state index in [2.05, 4.69) is 25.8 Å². The first-order chi connectivity index (χ1) is 21.7. The summed E-state index contributed by atoms with van der Waals surface area (Å²) in [4.78, 5) is 45.2. The van der Waals surface area contributed by atoms with Crippen molar-refractivity contribution < 1.29 is 19.5 Å². The lowest BCUT2D eigenvalue weighted by molar-refractivity contribution is -0.110. The summed E-state index contributed by atoms with van der Waals surface area (Å²) in [6, 6.07) is 21.3. The summed E-state index contributed by atoms with van der Waals surface area (Å²) in [6.07, 6.45) is 0.962. The summed E-state index contributed by atoms with van der Waals surface area (Å²) in [6.45, 7) is 7.96. The van der Waals surface area contributed by atoms with Crippen molar-refractivity contribution in [1.82, 2.24) is 15.2 Å². The van der Waals surface area contributed by atoms with Gasteiger partial charge in [-0.15, -0.1) is 0 Å². The molecule has 45 heavy (non-hydrogen) atoms. The molecule has 0 radical (unpaired) electrons. The Hall–Kier alpha value is -4.70. The average molecular weight is 626 g/mol. The minimum atomic E-state index is -0.736. The highest BCUT2D eigenvalue weighted by atomic mass is 35.5. The van der Waals surface area contributed by atoms with Gasteiger partial charge in [0.2, 0.25) is 0 Å². The maximum absolute atomic E-state index is 13.6. The molecule has 1 atom stereocenters. The smallest absolute Gasteiger partial charge is 0.256 e. The molecule has 1 aromatic heterocycles. The molecule has 3 amide bonds. The summed E-state index contributed by atoms with van der Waals surface area (Å²) >= 11 is 6.18. The van der Waals surface area contributed by atoms with Crippen molar-refractivity contribution in [3.05, 3.63) is 106 Å². The molecule has 232 valence electrons. The van der Waals surface area contributed by atoms with Gasteiger partial charge in [0.15, 0.2) is 0 Å². The number of anilines is 2. The van der Waals surface area contributed by atoms with Crippen LogP contribution >= 0.6 is 11.6 Å². The Balaban J connectivity index is 1.50. The molecule has 4 aromatic rings. The quantitative estimate of drug-likeness (QED) is 0.134. The van der Waals surface area contributed by atoms with Gasteiger partial charge in [0.05, 0.1) is 17.2 Å². The zero-order chi connectivity index (χ0) is 32.1. The maximum Gasteiger partial charge on any atom is 0.256 e. The Morgan fingerprint density at radius 3 is 2.40 bits per heavy atom. The third kappa shape index (κ3) is 7.17.